The first-order chi connectivity index (χ1) is 4.30. The van der Waals surface area contributed by atoms with E-state index in [2.05, 4.69) is 5.32 Å². The summed E-state index contributed by atoms with van der Waals surface area (Å²) in [5, 5.41) is 12.1. The van der Waals surface area contributed by atoms with Gasteiger partial charge in [-0.1, -0.05) is 0 Å². The summed E-state index contributed by atoms with van der Waals surface area (Å²) < 4.78 is 5.23. The first-order valence-corrected chi connectivity index (χ1v) is 3.31. The van der Waals surface area contributed by atoms with E-state index in [0.717, 1.165) is 19.7 Å². The number of hydrogen-bond acceptors (Lipinski definition) is 3. The van der Waals surface area contributed by atoms with Gasteiger partial charge in [0.2, 0.25) is 0 Å². The number of rotatable bonds is 1. The molecule has 1 fully saturated rings. The summed E-state index contributed by atoms with van der Waals surface area (Å²) in [4.78, 5) is 0. The van der Waals surface area contributed by atoms with Gasteiger partial charge in [0, 0.05) is 13.1 Å². The van der Waals surface area contributed by atoms with Crippen molar-refractivity contribution < 1.29 is 9.84 Å². The molecule has 0 bridgehead atoms. The van der Waals surface area contributed by atoms with Gasteiger partial charge >= 0.3 is 0 Å². The number of halogens is 1. The summed E-state index contributed by atoms with van der Waals surface area (Å²) in [6.07, 6.45) is -0.350. The predicted octanol–water partition coefficient (Wildman–Crippen LogP) is -0.223. The Balaban J connectivity index is 0.000000810. The van der Waals surface area contributed by atoms with Crippen LogP contribution in [0.4, 0.5) is 0 Å². The highest BCUT2D eigenvalue weighted by molar-refractivity contribution is 5.85. The molecule has 2 N–H and O–H groups in total. The van der Waals surface area contributed by atoms with Crippen LogP contribution in [0.25, 0.3) is 0 Å². The number of ether oxygens (including phenoxy) is 1. The summed E-state index contributed by atoms with van der Waals surface area (Å²) in [5.41, 5.74) is 0. The molecule has 1 unspecified atom stereocenters. The third-order valence-electron chi connectivity index (χ3n) is 1.49. The Kier molecular flexibility index (Phi) is 4.99. The molecule has 0 radical (unpaired) electrons. The Morgan fingerprint density at radius 2 is 2.40 bits per heavy atom. The van der Waals surface area contributed by atoms with Gasteiger partial charge < -0.3 is 15.2 Å². The van der Waals surface area contributed by atoms with E-state index in [0.29, 0.717) is 0 Å². The maximum absolute atomic E-state index is 9.01. The molecule has 1 heterocycles. The van der Waals surface area contributed by atoms with E-state index in [-0.39, 0.29) is 24.6 Å². The fraction of sp³-hybridized carbons (Fsp3) is 1.00. The van der Waals surface area contributed by atoms with Crippen LogP contribution in [0.1, 0.15) is 6.92 Å². The molecular formula is C6H14ClNO2. The fourth-order valence-electron chi connectivity index (χ4n) is 0.896. The van der Waals surface area contributed by atoms with Crippen molar-refractivity contribution in [2.45, 2.75) is 19.1 Å². The van der Waals surface area contributed by atoms with E-state index >= 15 is 0 Å². The van der Waals surface area contributed by atoms with Crippen LogP contribution < -0.4 is 5.32 Å². The van der Waals surface area contributed by atoms with Gasteiger partial charge in [0.25, 0.3) is 0 Å². The van der Waals surface area contributed by atoms with Crippen LogP contribution in [0, 0.1) is 0 Å². The first-order valence-electron chi connectivity index (χ1n) is 3.31. The van der Waals surface area contributed by atoms with Crippen LogP contribution in [0.3, 0.4) is 0 Å². The summed E-state index contributed by atoms with van der Waals surface area (Å²) >= 11 is 0. The molecule has 0 aromatic heterocycles. The smallest absolute Gasteiger partial charge is 0.0955 e. The second-order valence-electron chi connectivity index (χ2n) is 2.35. The molecule has 0 amide bonds. The van der Waals surface area contributed by atoms with Crippen LogP contribution in [0.5, 0.6) is 0 Å². The molecule has 1 aliphatic rings. The van der Waals surface area contributed by atoms with Gasteiger partial charge in [-0.05, 0) is 6.92 Å². The lowest BCUT2D eigenvalue weighted by Gasteiger charge is -2.25. The molecule has 1 saturated heterocycles. The zero-order chi connectivity index (χ0) is 6.69. The quantitative estimate of drug-likeness (QED) is 0.568. The van der Waals surface area contributed by atoms with Gasteiger partial charge in [0.05, 0.1) is 18.8 Å². The Bertz CT molecular complexity index is 83.8. The molecule has 0 aromatic rings. The molecule has 0 spiro atoms. The van der Waals surface area contributed by atoms with E-state index in [4.69, 9.17) is 9.84 Å². The number of hydrogen-bond donors (Lipinski definition) is 2. The van der Waals surface area contributed by atoms with Crippen molar-refractivity contribution in [3.8, 4) is 0 Å². The highest BCUT2D eigenvalue weighted by Gasteiger charge is 2.17. The van der Waals surface area contributed by atoms with Crippen molar-refractivity contribution in [2.24, 2.45) is 0 Å². The fourth-order valence-corrected chi connectivity index (χ4v) is 0.896. The maximum atomic E-state index is 9.01. The SMILES string of the molecule is C[C@@H](O)C1CNCCO1.Cl. The lowest BCUT2D eigenvalue weighted by molar-refractivity contribution is -0.0445. The summed E-state index contributed by atoms with van der Waals surface area (Å²) in [6, 6.07) is 0. The normalized spacial score (nSPS) is 28.8. The van der Waals surface area contributed by atoms with Crippen molar-refractivity contribution in [1.82, 2.24) is 5.32 Å². The third kappa shape index (κ3) is 2.84. The van der Waals surface area contributed by atoms with Crippen molar-refractivity contribution in [3.05, 3.63) is 0 Å². The molecule has 10 heavy (non-hydrogen) atoms. The summed E-state index contributed by atoms with van der Waals surface area (Å²) in [6.45, 7) is 4.15. The molecule has 2 atom stereocenters. The Hall–Kier alpha value is 0.170. The molecule has 62 valence electrons. The number of nitrogens with one attached hydrogen (secondary N) is 1. The molecule has 0 saturated carbocycles. The molecule has 1 aliphatic heterocycles. The number of morpholine rings is 1. The second-order valence-corrected chi connectivity index (χ2v) is 2.35. The minimum atomic E-state index is -0.349. The minimum Gasteiger partial charge on any atom is -0.391 e. The second kappa shape index (κ2) is 4.91. The average molecular weight is 168 g/mol. The highest BCUT2D eigenvalue weighted by Crippen LogP contribution is 2.00. The monoisotopic (exact) mass is 167 g/mol. The van der Waals surface area contributed by atoms with Gasteiger partial charge in [0.1, 0.15) is 0 Å². The molecule has 1 rings (SSSR count). The topological polar surface area (TPSA) is 41.5 Å². The van der Waals surface area contributed by atoms with Crippen LogP contribution in [0.2, 0.25) is 0 Å². The van der Waals surface area contributed by atoms with Gasteiger partial charge in [0.15, 0.2) is 0 Å². The third-order valence-corrected chi connectivity index (χ3v) is 1.49. The van der Waals surface area contributed by atoms with E-state index in [1.807, 2.05) is 0 Å². The molecule has 4 heteroatoms. The molecular weight excluding hydrogens is 154 g/mol. The first kappa shape index (κ1) is 10.2. The van der Waals surface area contributed by atoms with Crippen molar-refractivity contribution in [1.29, 1.82) is 0 Å². The van der Waals surface area contributed by atoms with E-state index in [9.17, 15) is 0 Å². The van der Waals surface area contributed by atoms with Crippen LogP contribution in [-0.4, -0.2) is 37.0 Å². The van der Waals surface area contributed by atoms with Crippen LogP contribution in [0.15, 0.2) is 0 Å². The zero-order valence-electron chi connectivity index (χ0n) is 6.04. The molecule has 0 aliphatic carbocycles. The van der Waals surface area contributed by atoms with Crippen molar-refractivity contribution in [2.75, 3.05) is 19.7 Å². The Morgan fingerprint density at radius 3 is 2.70 bits per heavy atom. The van der Waals surface area contributed by atoms with E-state index < -0.39 is 0 Å². The van der Waals surface area contributed by atoms with Crippen molar-refractivity contribution >= 4 is 12.4 Å². The Labute approximate surface area is 67.2 Å². The average Bonchev–Trinajstić information content (AvgIpc) is 1.90. The van der Waals surface area contributed by atoms with Gasteiger partial charge in [-0.15, -0.1) is 12.4 Å². The zero-order valence-corrected chi connectivity index (χ0v) is 6.86. The largest absolute Gasteiger partial charge is 0.391 e. The summed E-state index contributed by atoms with van der Waals surface area (Å²) in [5.74, 6) is 0. The predicted molar refractivity (Wildman–Crippen MR) is 41.5 cm³/mol. The van der Waals surface area contributed by atoms with E-state index in [1.165, 1.54) is 0 Å². The van der Waals surface area contributed by atoms with Crippen LogP contribution in [-0.2, 0) is 4.74 Å². The lowest BCUT2D eigenvalue weighted by Crippen LogP contribution is -2.43. The molecule has 3 nitrogen and oxygen atoms in total. The molecule has 0 aromatic carbocycles. The number of aliphatic hydroxyl groups excluding tert-OH is 1. The van der Waals surface area contributed by atoms with Gasteiger partial charge in [-0.2, -0.15) is 0 Å². The van der Waals surface area contributed by atoms with Gasteiger partial charge in [-0.25, -0.2) is 0 Å². The standard InChI is InChI=1S/C6H13NO2.ClH/c1-5(8)6-4-7-2-3-9-6;/h5-8H,2-4H2,1H3;1H/t5-,6?;/m1./s1. The highest BCUT2D eigenvalue weighted by atomic mass is 35.5. The lowest BCUT2D eigenvalue weighted by atomic mass is 10.2. The Morgan fingerprint density at radius 1 is 1.70 bits per heavy atom. The minimum absolute atomic E-state index is 0. The number of aliphatic hydroxyl groups is 1. The van der Waals surface area contributed by atoms with Crippen LogP contribution >= 0.6 is 12.4 Å². The van der Waals surface area contributed by atoms with Crippen molar-refractivity contribution in [3.63, 3.8) is 0 Å². The van der Waals surface area contributed by atoms with E-state index in [1.54, 1.807) is 6.92 Å². The maximum Gasteiger partial charge on any atom is 0.0955 e. The summed E-state index contributed by atoms with van der Waals surface area (Å²) in [7, 11) is 0. The van der Waals surface area contributed by atoms with Gasteiger partial charge in [-0.3, -0.25) is 0 Å².